The Hall–Kier alpha value is -1.55. The van der Waals surface area contributed by atoms with Crippen molar-refractivity contribution in [2.24, 2.45) is 11.8 Å². The molecule has 4 N–H and O–H groups in total. The Balaban J connectivity index is 2.51. The Morgan fingerprint density at radius 2 is 1.95 bits per heavy atom. The number of hydrogen-bond acceptors (Lipinski definition) is 3. The van der Waals surface area contributed by atoms with E-state index in [1.165, 1.54) is 6.42 Å². The first-order valence-electron chi connectivity index (χ1n) is 7.32. The van der Waals surface area contributed by atoms with Gasteiger partial charge in [0, 0.05) is 11.6 Å². The minimum Gasteiger partial charge on any atom is -0.350 e. The maximum absolute atomic E-state index is 12.1. The van der Waals surface area contributed by atoms with Gasteiger partial charge in [0.1, 0.15) is 0 Å². The molecule has 112 valence electrons. The molecule has 0 aliphatic heterocycles. The largest absolute Gasteiger partial charge is 0.350 e. The SMILES string of the molecule is Cc1cc(C(=O)NC(C)CCCC(C)C)ccc1NN. The molecule has 0 aromatic heterocycles. The Morgan fingerprint density at radius 3 is 2.50 bits per heavy atom. The van der Waals surface area contributed by atoms with Gasteiger partial charge in [-0.15, -0.1) is 0 Å². The van der Waals surface area contributed by atoms with E-state index in [4.69, 9.17) is 5.84 Å². The standard InChI is InChI=1S/C16H27N3O/c1-11(2)6-5-7-13(4)18-16(20)14-8-9-15(19-17)12(3)10-14/h8-11,13,19H,5-7,17H2,1-4H3,(H,18,20). The molecule has 0 saturated carbocycles. The number of carbonyl (C=O) groups is 1. The smallest absolute Gasteiger partial charge is 0.251 e. The van der Waals surface area contributed by atoms with Crippen molar-refractivity contribution in [1.29, 1.82) is 0 Å². The summed E-state index contributed by atoms with van der Waals surface area (Å²) in [5.74, 6) is 6.09. The van der Waals surface area contributed by atoms with Gasteiger partial charge in [-0.05, 0) is 49.9 Å². The Kier molecular flexibility index (Phi) is 6.52. The fraction of sp³-hybridized carbons (Fsp3) is 0.562. The second-order valence-corrected chi connectivity index (χ2v) is 5.87. The van der Waals surface area contributed by atoms with E-state index in [1.54, 1.807) is 6.07 Å². The molecule has 1 aromatic carbocycles. The molecular formula is C16H27N3O. The zero-order valence-corrected chi connectivity index (χ0v) is 13.0. The van der Waals surface area contributed by atoms with Crippen LogP contribution in [0.3, 0.4) is 0 Å². The fourth-order valence-electron chi connectivity index (χ4n) is 2.18. The molecule has 0 saturated heterocycles. The summed E-state index contributed by atoms with van der Waals surface area (Å²) in [6.45, 7) is 8.43. The number of nitrogens with two attached hydrogens (primary N) is 1. The Labute approximate surface area is 122 Å². The minimum atomic E-state index is -0.0197. The van der Waals surface area contributed by atoms with E-state index in [1.807, 2.05) is 19.1 Å². The van der Waals surface area contributed by atoms with Crippen molar-refractivity contribution in [2.45, 2.75) is 53.0 Å². The van der Waals surface area contributed by atoms with E-state index in [-0.39, 0.29) is 11.9 Å². The molecule has 20 heavy (non-hydrogen) atoms. The van der Waals surface area contributed by atoms with Crippen molar-refractivity contribution >= 4 is 11.6 Å². The van der Waals surface area contributed by atoms with Crippen LogP contribution in [-0.2, 0) is 0 Å². The lowest BCUT2D eigenvalue weighted by Gasteiger charge is -2.15. The van der Waals surface area contributed by atoms with Crippen LogP contribution in [0, 0.1) is 12.8 Å². The summed E-state index contributed by atoms with van der Waals surface area (Å²) in [5.41, 5.74) is 5.09. The van der Waals surface area contributed by atoms with Crippen LogP contribution in [0.15, 0.2) is 18.2 Å². The quantitative estimate of drug-likeness (QED) is 0.529. The number of anilines is 1. The fourth-order valence-corrected chi connectivity index (χ4v) is 2.18. The summed E-state index contributed by atoms with van der Waals surface area (Å²) in [6.07, 6.45) is 3.37. The van der Waals surface area contributed by atoms with Crippen molar-refractivity contribution in [1.82, 2.24) is 5.32 Å². The molecule has 1 rings (SSSR count). The highest BCUT2D eigenvalue weighted by molar-refractivity contribution is 5.95. The molecular weight excluding hydrogens is 250 g/mol. The number of hydrazine groups is 1. The lowest BCUT2D eigenvalue weighted by atomic mass is 10.0. The molecule has 0 spiro atoms. The third kappa shape index (κ3) is 5.21. The van der Waals surface area contributed by atoms with Crippen molar-refractivity contribution in [2.75, 3.05) is 5.43 Å². The number of carbonyl (C=O) groups excluding carboxylic acids is 1. The van der Waals surface area contributed by atoms with Crippen molar-refractivity contribution in [3.8, 4) is 0 Å². The molecule has 1 amide bonds. The zero-order valence-electron chi connectivity index (χ0n) is 13.0. The summed E-state index contributed by atoms with van der Waals surface area (Å²) in [7, 11) is 0. The first kappa shape index (κ1) is 16.5. The van der Waals surface area contributed by atoms with Gasteiger partial charge in [-0.25, -0.2) is 0 Å². The van der Waals surface area contributed by atoms with Crippen molar-refractivity contribution in [3.63, 3.8) is 0 Å². The van der Waals surface area contributed by atoms with E-state index in [0.717, 1.165) is 30.0 Å². The van der Waals surface area contributed by atoms with Crippen molar-refractivity contribution in [3.05, 3.63) is 29.3 Å². The van der Waals surface area contributed by atoms with Gasteiger partial charge in [-0.2, -0.15) is 0 Å². The summed E-state index contributed by atoms with van der Waals surface area (Å²) >= 11 is 0. The molecule has 0 heterocycles. The molecule has 1 unspecified atom stereocenters. The van der Waals surface area contributed by atoms with Crippen molar-refractivity contribution < 1.29 is 4.79 Å². The van der Waals surface area contributed by atoms with Gasteiger partial charge in [0.05, 0.1) is 5.69 Å². The molecule has 4 heteroatoms. The zero-order chi connectivity index (χ0) is 15.1. The third-order valence-electron chi connectivity index (χ3n) is 3.44. The molecule has 1 atom stereocenters. The van der Waals surface area contributed by atoms with Gasteiger partial charge in [0.25, 0.3) is 5.91 Å². The maximum Gasteiger partial charge on any atom is 0.251 e. The number of benzene rings is 1. The second-order valence-electron chi connectivity index (χ2n) is 5.87. The molecule has 0 bridgehead atoms. The van der Waals surface area contributed by atoms with E-state index in [2.05, 4.69) is 31.5 Å². The maximum atomic E-state index is 12.1. The molecule has 0 aliphatic carbocycles. The molecule has 4 nitrogen and oxygen atoms in total. The Morgan fingerprint density at radius 1 is 1.25 bits per heavy atom. The predicted octanol–water partition coefficient (Wildman–Crippen LogP) is 3.23. The summed E-state index contributed by atoms with van der Waals surface area (Å²) in [4.78, 5) is 12.1. The van der Waals surface area contributed by atoms with Crippen LogP contribution in [-0.4, -0.2) is 11.9 Å². The highest BCUT2D eigenvalue weighted by Gasteiger charge is 2.11. The molecule has 0 radical (unpaired) electrons. The number of nitrogen functional groups attached to an aromatic ring is 1. The number of amides is 1. The number of aryl methyl sites for hydroxylation is 1. The Bertz CT molecular complexity index is 443. The summed E-state index contributed by atoms with van der Waals surface area (Å²) < 4.78 is 0. The topological polar surface area (TPSA) is 67.2 Å². The number of rotatable bonds is 7. The highest BCUT2D eigenvalue weighted by atomic mass is 16.1. The first-order valence-corrected chi connectivity index (χ1v) is 7.32. The molecule has 0 aliphatic rings. The number of nitrogens with one attached hydrogen (secondary N) is 2. The van der Waals surface area contributed by atoms with Crippen LogP contribution in [0.2, 0.25) is 0 Å². The van der Waals surface area contributed by atoms with Gasteiger partial charge in [0.2, 0.25) is 0 Å². The molecule has 0 fully saturated rings. The van der Waals surface area contributed by atoms with Gasteiger partial charge < -0.3 is 10.7 Å². The first-order chi connectivity index (χ1) is 9.43. The lowest BCUT2D eigenvalue weighted by molar-refractivity contribution is 0.0937. The van der Waals surface area contributed by atoms with E-state index in [0.29, 0.717) is 5.56 Å². The van der Waals surface area contributed by atoms with E-state index >= 15 is 0 Å². The second kappa shape index (κ2) is 7.90. The normalized spacial score (nSPS) is 12.3. The van der Waals surface area contributed by atoms with Gasteiger partial charge >= 0.3 is 0 Å². The monoisotopic (exact) mass is 277 g/mol. The van der Waals surface area contributed by atoms with Crippen LogP contribution < -0.4 is 16.6 Å². The highest BCUT2D eigenvalue weighted by Crippen LogP contribution is 2.15. The minimum absolute atomic E-state index is 0.0197. The lowest BCUT2D eigenvalue weighted by Crippen LogP contribution is -2.32. The average Bonchev–Trinajstić information content (AvgIpc) is 2.38. The summed E-state index contributed by atoms with van der Waals surface area (Å²) in [5, 5.41) is 3.04. The van der Waals surface area contributed by atoms with Crippen LogP contribution >= 0.6 is 0 Å². The van der Waals surface area contributed by atoms with E-state index in [9.17, 15) is 4.79 Å². The summed E-state index contributed by atoms with van der Waals surface area (Å²) in [6, 6.07) is 5.67. The van der Waals surface area contributed by atoms with Gasteiger partial charge in [-0.3, -0.25) is 10.6 Å². The average molecular weight is 277 g/mol. The van der Waals surface area contributed by atoms with Crippen LogP contribution in [0.4, 0.5) is 5.69 Å². The van der Waals surface area contributed by atoms with Crippen LogP contribution in [0.25, 0.3) is 0 Å². The van der Waals surface area contributed by atoms with Gasteiger partial charge in [-0.1, -0.05) is 26.7 Å². The predicted molar refractivity (Wildman–Crippen MR) is 84.6 cm³/mol. The van der Waals surface area contributed by atoms with E-state index < -0.39 is 0 Å². The van der Waals surface area contributed by atoms with Crippen LogP contribution in [0.1, 0.15) is 56.0 Å². The van der Waals surface area contributed by atoms with Crippen LogP contribution in [0.5, 0.6) is 0 Å². The van der Waals surface area contributed by atoms with Gasteiger partial charge in [0.15, 0.2) is 0 Å². The number of hydrogen-bond donors (Lipinski definition) is 3. The molecule has 1 aromatic rings. The third-order valence-corrected chi connectivity index (χ3v) is 3.44.